The van der Waals surface area contributed by atoms with E-state index >= 15 is 0 Å². The summed E-state index contributed by atoms with van der Waals surface area (Å²) in [6.45, 7) is 9.07. The third kappa shape index (κ3) is 5.65. The number of nitrogens with one attached hydrogen (secondary N) is 1. The largest absolute Gasteiger partial charge is 0.455 e. The molecule has 0 bridgehead atoms. The first-order chi connectivity index (χ1) is 9.75. The van der Waals surface area contributed by atoms with E-state index in [1.54, 1.807) is 27.8 Å². The number of esters is 1. The van der Waals surface area contributed by atoms with Crippen LogP contribution < -0.4 is 5.32 Å². The van der Waals surface area contributed by atoms with Crippen LogP contribution >= 0.6 is 0 Å². The van der Waals surface area contributed by atoms with Crippen molar-refractivity contribution >= 4 is 5.97 Å². The van der Waals surface area contributed by atoms with Crippen molar-refractivity contribution in [2.45, 2.75) is 32.9 Å². The molecule has 1 heterocycles. The zero-order valence-corrected chi connectivity index (χ0v) is 12.7. The summed E-state index contributed by atoms with van der Waals surface area (Å²) >= 11 is 0. The normalized spacial score (nSPS) is 12.0. The molecule has 0 aliphatic rings. The lowest BCUT2D eigenvalue weighted by Crippen LogP contribution is -2.24. The number of hydrogen-bond donors (Lipinski definition) is 2. The van der Waals surface area contributed by atoms with Gasteiger partial charge in [-0.25, -0.2) is 14.5 Å². The van der Waals surface area contributed by atoms with Gasteiger partial charge >= 0.3 is 5.97 Å². The van der Waals surface area contributed by atoms with Gasteiger partial charge in [-0.3, -0.25) is 5.21 Å². The van der Waals surface area contributed by atoms with Gasteiger partial charge in [-0.05, 0) is 20.8 Å². The van der Waals surface area contributed by atoms with Crippen molar-refractivity contribution in [2.75, 3.05) is 7.05 Å². The van der Waals surface area contributed by atoms with Gasteiger partial charge in [-0.2, -0.15) is 0 Å². The van der Waals surface area contributed by atoms with Crippen LogP contribution in [0.1, 0.15) is 31.3 Å². The van der Waals surface area contributed by atoms with Crippen LogP contribution in [-0.2, 0) is 11.3 Å². The molecule has 0 aliphatic carbocycles. The van der Waals surface area contributed by atoms with Crippen molar-refractivity contribution in [2.24, 2.45) is 0 Å². The maximum absolute atomic E-state index is 11.8. The van der Waals surface area contributed by atoms with E-state index in [9.17, 15) is 10.0 Å². The molecule has 21 heavy (non-hydrogen) atoms. The van der Waals surface area contributed by atoms with Crippen molar-refractivity contribution in [3.63, 3.8) is 0 Å². The van der Waals surface area contributed by atoms with Crippen molar-refractivity contribution in [3.05, 3.63) is 36.6 Å². The molecule has 0 unspecified atom stereocenters. The first-order valence-electron chi connectivity index (χ1n) is 6.37. The Bertz CT molecular complexity index is 530. The number of aromatic nitrogens is 3. The van der Waals surface area contributed by atoms with E-state index in [2.05, 4.69) is 22.2 Å². The number of carbonyl (C=O) groups excluding carboxylic acids is 1. The molecule has 8 nitrogen and oxygen atoms in total. The number of likely N-dealkylation sites (N-methyl/N-ethyl adjacent to an activating group) is 1. The SMILES string of the molecule is C=CN(O)/C=C(/Cn1cc(C(=O)OC(C)(C)C)nn1)NC. The van der Waals surface area contributed by atoms with E-state index in [0.717, 1.165) is 5.06 Å². The Morgan fingerprint density at radius 2 is 2.29 bits per heavy atom. The van der Waals surface area contributed by atoms with Crippen molar-refractivity contribution < 1.29 is 14.7 Å². The maximum Gasteiger partial charge on any atom is 0.361 e. The molecule has 0 atom stereocenters. The molecule has 8 heteroatoms. The average Bonchev–Trinajstić information content (AvgIpc) is 2.84. The Balaban J connectivity index is 2.77. The van der Waals surface area contributed by atoms with Crippen LogP contribution in [0.15, 0.2) is 30.9 Å². The van der Waals surface area contributed by atoms with E-state index < -0.39 is 11.6 Å². The van der Waals surface area contributed by atoms with E-state index in [1.165, 1.54) is 23.3 Å². The standard InChI is InChI=1S/C13H21N5O3/c1-6-18(20)8-10(14-5)7-17-9-11(15-16-17)12(19)21-13(2,3)4/h6,8-9,14,20H,1,7H2,2-5H3/b10-8-. The number of hydrogen-bond acceptors (Lipinski definition) is 7. The molecule has 0 saturated carbocycles. The van der Waals surface area contributed by atoms with Crippen molar-refractivity contribution in [3.8, 4) is 0 Å². The smallest absolute Gasteiger partial charge is 0.361 e. The van der Waals surface area contributed by atoms with E-state index in [0.29, 0.717) is 12.2 Å². The van der Waals surface area contributed by atoms with Crippen LogP contribution in [-0.4, -0.2) is 43.9 Å². The highest BCUT2D eigenvalue weighted by Crippen LogP contribution is 2.10. The molecule has 0 spiro atoms. The fourth-order valence-electron chi connectivity index (χ4n) is 1.37. The predicted octanol–water partition coefficient (Wildman–Crippen LogP) is 1.13. The van der Waals surface area contributed by atoms with Crippen molar-refractivity contribution in [1.29, 1.82) is 0 Å². The van der Waals surface area contributed by atoms with Gasteiger partial charge in [0.25, 0.3) is 0 Å². The van der Waals surface area contributed by atoms with E-state index in [1.807, 2.05) is 0 Å². The summed E-state index contributed by atoms with van der Waals surface area (Å²) in [4.78, 5) is 11.8. The quantitative estimate of drug-likeness (QED) is 0.600. The lowest BCUT2D eigenvalue weighted by atomic mass is 10.2. The molecule has 1 rings (SSSR count). The lowest BCUT2D eigenvalue weighted by molar-refractivity contribution is 0.00618. The van der Waals surface area contributed by atoms with Gasteiger partial charge in [-0.15, -0.1) is 5.10 Å². The Labute approximate surface area is 123 Å². The van der Waals surface area contributed by atoms with Gasteiger partial charge in [-0.1, -0.05) is 11.8 Å². The van der Waals surface area contributed by atoms with Gasteiger partial charge in [0.2, 0.25) is 0 Å². The summed E-state index contributed by atoms with van der Waals surface area (Å²) in [5.74, 6) is -0.529. The minimum absolute atomic E-state index is 0.130. The summed E-state index contributed by atoms with van der Waals surface area (Å²) in [7, 11) is 1.70. The molecule has 0 aliphatic heterocycles. The van der Waals surface area contributed by atoms with Gasteiger partial charge < -0.3 is 10.1 Å². The molecule has 0 amide bonds. The second kappa shape index (κ2) is 6.89. The minimum Gasteiger partial charge on any atom is -0.455 e. The van der Waals surface area contributed by atoms with E-state index in [4.69, 9.17) is 4.74 Å². The van der Waals surface area contributed by atoms with Gasteiger partial charge in [0.15, 0.2) is 5.69 Å². The number of ether oxygens (including phenoxy) is 1. The highest BCUT2D eigenvalue weighted by molar-refractivity contribution is 5.87. The maximum atomic E-state index is 11.8. The third-order valence-electron chi connectivity index (χ3n) is 2.28. The van der Waals surface area contributed by atoms with Crippen LogP contribution in [0.25, 0.3) is 0 Å². The second-order valence-electron chi connectivity index (χ2n) is 5.27. The number of carbonyl (C=O) groups is 1. The fraction of sp³-hybridized carbons (Fsp3) is 0.462. The van der Waals surface area contributed by atoms with Crippen LogP contribution in [0.2, 0.25) is 0 Å². The summed E-state index contributed by atoms with van der Waals surface area (Å²) in [5, 5.41) is 20.7. The second-order valence-corrected chi connectivity index (χ2v) is 5.27. The van der Waals surface area contributed by atoms with Gasteiger partial charge in [0.05, 0.1) is 24.6 Å². The van der Waals surface area contributed by atoms with Crippen LogP contribution in [0.3, 0.4) is 0 Å². The number of allylic oxidation sites excluding steroid dienone is 1. The molecule has 0 aromatic carbocycles. The molecule has 1 aromatic heterocycles. The molecular weight excluding hydrogens is 274 g/mol. The molecule has 116 valence electrons. The Morgan fingerprint density at radius 1 is 1.62 bits per heavy atom. The number of nitrogens with zero attached hydrogens (tertiary/aromatic N) is 4. The van der Waals surface area contributed by atoms with Crippen LogP contribution in [0.4, 0.5) is 0 Å². The van der Waals surface area contributed by atoms with Crippen LogP contribution in [0, 0.1) is 0 Å². The molecule has 0 radical (unpaired) electrons. The molecular formula is C13H21N5O3. The van der Waals surface area contributed by atoms with Crippen LogP contribution in [0.5, 0.6) is 0 Å². The molecule has 0 fully saturated rings. The predicted molar refractivity (Wildman–Crippen MR) is 76.2 cm³/mol. The molecule has 2 N–H and O–H groups in total. The zero-order valence-electron chi connectivity index (χ0n) is 12.7. The highest BCUT2D eigenvalue weighted by atomic mass is 16.6. The summed E-state index contributed by atoms with van der Waals surface area (Å²) in [6, 6.07) is 0. The van der Waals surface area contributed by atoms with E-state index in [-0.39, 0.29) is 5.69 Å². The first-order valence-corrected chi connectivity index (χ1v) is 6.37. The fourth-order valence-corrected chi connectivity index (χ4v) is 1.37. The average molecular weight is 295 g/mol. The highest BCUT2D eigenvalue weighted by Gasteiger charge is 2.20. The summed E-state index contributed by atoms with van der Waals surface area (Å²) < 4.78 is 6.66. The Hall–Kier alpha value is -2.35. The number of rotatable bonds is 6. The minimum atomic E-state index is -0.585. The number of hydroxylamine groups is 2. The molecule has 1 aromatic rings. The topological polar surface area (TPSA) is 92.5 Å². The Kier molecular flexibility index (Phi) is 5.48. The van der Waals surface area contributed by atoms with Gasteiger partial charge in [0.1, 0.15) is 5.60 Å². The Morgan fingerprint density at radius 3 is 2.81 bits per heavy atom. The molecule has 0 saturated heterocycles. The lowest BCUT2D eigenvalue weighted by Gasteiger charge is -2.18. The first kappa shape index (κ1) is 16.7. The third-order valence-corrected chi connectivity index (χ3v) is 2.28. The van der Waals surface area contributed by atoms with Crippen molar-refractivity contribution in [1.82, 2.24) is 25.4 Å². The summed E-state index contributed by atoms with van der Waals surface area (Å²) in [5.41, 5.74) is 0.195. The van der Waals surface area contributed by atoms with Gasteiger partial charge in [0, 0.05) is 13.2 Å². The monoisotopic (exact) mass is 295 g/mol. The zero-order chi connectivity index (χ0) is 16.0. The summed E-state index contributed by atoms with van der Waals surface area (Å²) in [6.07, 6.45) is 4.15.